The van der Waals surface area contributed by atoms with Gasteiger partial charge in [-0.05, 0) is 24.1 Å². The summed E-state index contributed by atoms with van der Waals surface area (Å²) in [6.07, 6.45) is 4.41. The van der Waals surface area contributed by atoms with Crippen LogP contribution in [0.2, 0.25) is 0 Å². The number of hydrogen-bond acceptors (Lipinski definition) is 3. The highest BCUT2D eigenvalue weighted by molar-refractivity contribution is 5.27. The molecule has 0 saturated carbocycles. The number of ether oxygens (including phenoxy) is 1. The zero-order valence-electron chi connectivity index (χ0n) is 11.7. The SMILES string of the molecule is CC[C@H]1O[C@@](Cn2cncn2)(c2ccc(F)cc2)[C@H]1C. The monoisotopic (exact) mass is 275 g/mol. The number of halogens is 1. The lowest BCUT2D eigenvalue weighted by molar-refractivity contribution is -0.271. The van der Waals surface area contributed by atoms with E-state index >= 15 is 0 Å². The average Bonchev–Trinajstić information content (AvgIpc) is 2.96. The Labute approximate surface area is 117 Å². The van der Waals surface area contributed by atoms with Crippen molar-refractivity contribution in [3.63, 3.8) is 0 Å². The minimum atomic E-state index is -0.442. The second kappa shape index (κ2) is 4.98. The van der Waals surface area contributed by atoms with Crippen molar-refractivity contribution in [1.82, 2.24) is 14.8 Å². The molecule has 106 valence electrons. The van der Waals surface area contributed by atoms with E-state index in [2.05, 4.69) is 23.9 Å². The predicted molar refractivity (Wildman–Crippen MR) is 72.4 cm³/mol. The van der Waals surface area contributed by atoms with Crippen molar-refractivity contribution in [2.45, 2.75) is 38.5 Å². The first-order chi connectivity index (χ1) is 9.65. The van der Waals surface area contributed by atoms with Crippen molar-refractivity contribution in [3.05, 3.63) is 48.3 Å². The molecule has 1 aliphatic rings. The van der Waals surface area contributed by atoms with Crippen LogP contribution in [0.4, 0.5) is 4.39 Å². The fourth-order valence-electron chi connectivity index (χ4n) is 3.03. The molecule has 0 aliphatic carbocycles. The number of benzene rings is 1. The quantitative estimate of drug-likeness (QED) is 0.861. The van der Waals surface area contributed by atoms with Gasteiger partial charge < -0.3 is 4.74 Å². The van der Waals surface area contributed by atoms with Gasteiger partial charge in [0.05, 0.1) is 12.6 Å². The fraction of sp³-hybridized carbons (Fsp3) is 0.467. The van der Waals surface area contributed by atoms with E-state index in [9.17, 15) is 4.39 Å². The lowest BCUT2D eigenvalue weighted by Gasteiger charge is -2.54. The lowest BCUT2D eigenvalue weighted by Crippen LogP contribution is -2.58. The van der Waals surface area contributed by atoms with E-state index in [0.717, 1.165) is 12.0 Å². The van der Waals surface area contributed by atoms with Crippen molar-refractivity contribution < 1.29 is 9.13 Å². The summed E-state index contributed by atoms with van der Waals surface area (Å²) < 4.78 is 21.1. The van der Waals surface area contributed by atoms with Gasteiger partial charge in [0.2, 0.25) is 0 Å². The zero-order chi connectivity index (χ0) is 14.2. The Morgan fingerprint density at radius 1 is 1.35 bits per heavy atom. The van der Waals surface area contributed by atoms with Gasteiger partial charge in [-0.1, -0.05) is 26.0 Å². The third kappa shape index (κ3) is 2.02. The molecule has 4 nitrogen and oxygen atoms in total. The molecule has 0 spiro atoms. The van der Waals surface area contributed by atoms with Crippen LogP contribution in [0.15, 0.2) is 36.9 Å². The van der Waals surface area contributed by atoms with E-state index in [1.807, 2.05) is 0 Å². The van der Waals surface area contributed by atoms with Crippen LogP contribution in [-0.4, -0.2) is 20.9 Å². The van der Waals surface area contributed by atoms with Crippen molar-refractivity contribution in [1.29, 1.82) is 0 Å². The average molecular weight is 275 g/mol. The first kappa shape index (κ1) is 13.2. The van der Waals surface area contributed by atoms with Crippen LogP contribution in [0.3, 0.4) is 0 Å². The molecule has 1 saturated heterocycles. The number of aromatic nitrogens is 3. The lowest BCUT2D eigenvalue weighted by atomic mass is 9.72. The second-order valence-corrected chi connectivity index (χ2v) is 5.34. The summed E-state index contributed by atoms with van der Waals surface area (Å²) >= 11 is 0. The summed E-state index contributed by atoms with van der Waals surface area (Å²) in [5.41, 5.74) is 0.550. The van der Waals surface area contributed by atoms with Crippen molar-refractivity contribution in [3.8, 4) is 0 Å². The molecule has 0 radical (unpaired) electrons. The first-order valence-electron chi connectivity index (χ1n) is 6.92. The molecule has 0 bridgehead atoms. The van der Waals surface area contributed by atoms with E-state index in [1.54, 1.807) is 23.1 Å². The van der Waals surface area contributed by atoms with Gasteiger partial charge in [-0.15, -0.1) is 0 Å². The van der Waals surface area contributed by atoms with Gasteiger partial charge in [0.15, 0.2) is 0 Å². The summed E-state index contributed by atoms with van der Waals surface area (Å²) in [7, 11) is 0. The Morgan fingerprint density at radius 3 is 2.65 bits per heavy atom. The molecule has 5 heteroatoms. The molecule has 3 atom stereocenters. The molecule has 2 aromatic rings. The Hall–Kier alpha value is -1.75. The molecular weight excluding hydrogens is 257 g/mol. The Kier molecular flexibility index (Phi) is 3.30. The summed E-state index contributed by atoms with van der Waals surface area (Å²) in [6.45, 7) is 4.89. The van der Waals surface area contributed by atoms with E-state index in [0.29, 0.717) is 12.5 Å². The van der Waals surface area contributed by atoms with Crippen LogP contribution in [0.1, 0.15) is 25.8 Å². The van der Waals surface area contributed by atoms with Crippen molar-refractivity contribution >= 4 is 0 Å². The first-order valence-corrected chi connectivity index (χ1v) is 6.92. The third-order valence-corrected chi connectivity index (χ3v) is 4.25. The maximum absolute atomic E-state index is 13.1. The van der Waals surface area contributed by atoms with Crippen molar-refractivity contribution in [2.24, 2.45) is 5.92 Å². The minimum Gasteiger partial charge on any atom is -0.364 e. The summed E-state index contributed by atoms with van der Waals surface area (Å²) in [5, 5.41) is 4.16. The van der Waals surface area contributed by atoms with Crippen LogP contribution in [-0.2, 0) is 16.9 Å². The number of rotatable bonds is 4. The normalized spacial score (nSPS) is 29.1. The molecule has 0 unspecified atom stereocenters. The summed E-state index contributed by atoms with van der Waals surface area (Å²) in [4.78, 5) is 3.97. The highest BCUT2D eigenvalue weighted by Crippen LogP contribution is 2.49. The largest absolute Gasteiger partial charge is 0.364 e. The Balaban J connectivity index is 1.94. The molecule has 0 amide bonds. The second-order valence-electron chi connectivity index (χ2n) is 5.34. The highest BCUT2D eigenvalue weighted by atomic mass is 19.1. The molecule has 1 fully saturated rings. The number of hydrogen-bond donors (Lipinski definition) is 0. The molecular formula is C15H18FN3O. The summed E-state index contributed by atoms with van der Waals surface area (Å²) in [6, 6.07) is 6.56. The van der Waals surface area contributed by atoms with Gasteiger partial charge in [0.1, 0.15) is 24.1 Å². The van der Waals surface area contributed by atoms with Gasteiger partial charge in [-0.25, -0.2) is 14.1 Å². The standard InChI is InChI=1S/C15H18FN3O/c1-3-14-11(2)15(20-14,8-19-10-17-9-18-19)12-4-6-13(16)7-5-12/h4-7,9-11,14H,3,8H2,1-2H3/t11-,14+,15+/m0/s1. The molecule has 1 aliphatic heterocycles. The molecule has 0 N–H and O–H groups in total. The van der Waals surface area contributed by atoms with Gasteiger partial charge in [-0.3, -0.25) is 0 Å². The minimum absolute atomic E-state index is 0.233. The molecule has 3 rings (SSSR count). The van der Waals surface area contributed by atoms with E-state index in [-0.39, 0.29) is 11.9 Å². The maximum atomic E-state index is 13.1. The van der Waals surface area contributed by atoms with Crippen LogP contribution < -0.4 is 0 Å². The van der Waals surface area contributed by atoms with E-state index < -0.39 is 5.60 Å². The zero-order valence-corrected chi connectivity index (χ0v) is 11.7. The molecule has 20 heavy (non-hydrogen) atoms. The maximum Gasteiger partial charge on any atom is 0.137 e. The Morgan fingerprint density at radius 2 is 2.10 bits per heavy atom. The van der Waals surface area contributed by atoms with Gasteiger partial charge in [0.25, 0.3) is 0 Å². The van der Waals surface area contributed by atoms with Crippen LogP contribution in [0, 0.1) is 11.7 Å². The van der Waals surface area contributed by atoms with Gasteiger partial charge >= 0.3 is 0 Å². The molecule has 2 heterocycles. The van der Waals surface area contributed by atoms with Gasteiger partial charge in [-0.2, -0.15) is 5.10 Å². The highest BCUT2D eigenvalue weighted by Gasteiger charge is 2.53. The topological polar surface area (TPSA) is 39.9 Å². The van der Waals surface area contributed by atoms with Crippen LogP contribution in [0.5, 0.6) is 0 Å². The predicted octanol–water partition coefficient (Wildman–Crippen LogP) is 2.76. The summed E-state index contributed by atoms with van der Waals surface area (Å²) in [5.74, 6) is 0.117. The fourth-order valence-corrected chi connectivity index (χ4v) is 3.03. The van der Waals surface area contributed by atoms with E-state index in [4.69, 9.17) is 4.74 Å². The smallest absolute Gasteiger partial charge is 0.137 e. The van der Waals surface area contributed by atoms with Gasteiger partial charge in [0, 0.05) is 5.92 Å². The van der Waals surface area contributed by atoms with E-state index in [1.165, 1.54) is 18.5 Å². The van der Waals surface area contributed by atoms with Crippen LogP contribution >= 0.6 is 0 Å². The molecule has 1 aromatic heterocycles. The Bertz CT molecular complexity index is 569. The van der Waals surface area contributed by atoms with Crippen molar-refractivity contribution in [2.75, 3.05) is 0 Å². The molecule has 1 aromatic carbocycles. The number of nitrogens with zero attached hydrogens (tertiary/aromatic N) is 3. The van der Waals surface area contributed by atoms with Crippen LogP contribution in [0.25, 0.3) is 0 Å². The third-order valence-electron chi connectivity index (χ3n) is 4.25.